The molecular weight excluding hydrogens is 372 g/mol. The Hall–Kier alpha value is -2.17. The zero-order valence-electron chi connectivity index (χ0n) is 18.3. The molecule has 6 rings (SSSR count). The van der Waals surface area contributed by atoms with Crippen molar-refractivity contribution in [2.45, 2.75) is 89.1 Å². The molecule has 0 spiro atoms. The summed E-state index contributed by atoms with van der Waals surface area (Å²) in [6.07, 6.45) is 12.4. The van der Waals surface area contributed by atoms with E-state index in [1.807, 2.05) is 30.1 Å². The monoisotopic (exact) mass is 406 g/mol. The van der Waals surface area contributed by atoms with Crippen LogP contribution >= 0.6 is 0 Å². The molecule has 1 amide bonds. The number of benzene rings is 1. The van der Waals surface area contributed by atoms with E-state index in [1.54, 1.807) is 0 Å². The van der Waals surface area contributed by atoms with Gasteiger partial charge in [-0.25, -0.2) is 0 Å². The third kappa shape index (κ3) is 3.36. The van der Waals surface area contributed by atoms with Crippen LogP contribution < -0.4 is 0 Å². The fourth-order valence-electron chi connectivity index (χ4n) is 6.23. The van der Waals surface area contributed by atoms with Crippen molar-refractivity contribution in [2.75, 3.05) is 7.05 Å². The maximum absolute atomic E-state index is 13.5. The Balaban J connectivity index is 1.31. The molecule has 2 heterocycles. The minimum Gasteiger partial charge on any atom is -0.341 e. The first-order valence-electron chi connectivity index (χ1n) is 11.8. The lowest BCUT2D eigenvalue weighted by Crippen LogP contribution is -2.52. The van der Waals surface area contributed by atoms with Gasteiger partial charge in [0, 0.05) is 37.4 Å². The Morgan fingerprint density at radius 3 is 2.40 bits per heavy atom. The summed E-state index contributed by atoms with van der Waals surface area (Å²) >= 11 is 0. The third-order valence-electron chi connectivity index (χ3n) is 8.14. The van der Waals surface area contributed by atoms with E-state index in [1.165, 1.54) is 42.9 Å². The van der Waals surface area contributed by atoms with E-state index in [4.69, 9.17) is 5.10 Å². The average Bonchev–Trinajstić information content (AvgIpc) is 3.17. The first-order chi connectivity index (χ1) is 14.6. The molecule has 0 unspecified atom stereocenters. The van der Waals surface area contributed by atoms with Crippen LogP contribution in [0.5, 0.6) is 0 Å². The topological polar surface area (TPSA) is 51.0 Å². The number of hydrogen-bond donors (Lipinski definition) is 0. The van der Waals surface area contributed by atoms with Gasteiger partial charge in [0.2, 0.25) is 5.91 Å². The second-order valence-corrected chi connectivity index (χ2v) is 9.96. The summed E-state index contributed by atoms with van der Waals surface area (Å²) < 4.78 is 2.46. The van der Waals surface area contributed by atoms with Crippen molar-refractivity contribution in [3.63, 3.8) is 0 Å². The Kier molecular flexibility index (Phi) is 5.16. The van der Waals surface area contributed by atoms with Gasteiger partial charge in [0.15, 0.2) is 0 Å². The second-order valence-electron chi connectivity index (χ2n) is 9.96. The summed E-state index contributed by atoms with van der Waals surface area (Å²) in [7, 11) is 1.97. The van der Waals surface area contributed by atoms with Gasteiger partial charge in [0.05, 0.1) is 0 Å². The van der Waals surface area contributed by atoms with Crippen LogP contribution in [0.25, 0.3) is 0 Å². The van der Waals surface area contributed by atoms with Crippen molar-refractivity contribution in [1.82, 2.24) is 19.7 Å². The van der Waals surface area contributed by atoms with Crippen LogP contribution in [0.1, 0.15) is 81.4 Å². The number of aryl methyl sites for hydroxylation is 1. The lowest BCUT2D eigenvalue weighted by atomic mass is 9.53. The molecule has 2 aromatic rings. The van der Waals surface area contributed by atoms with Crippen LogP contribution in [0.4, 0.5) is 0 Å². The van der Waals surface area contributed by atoms with Crippen molar-refractivity contribution < 1.29 is 4.79 Å². The summed E-state index contributed by atoms with van der Waals surface area (Å²) in [4.78, 5) is 15.4. The van der Waals surface area contributed by atoms with Crippen molar-refractivity contribution in [2.24, 2.45) is 5.41 Å². The predicted octanol–water partition coefficient (Wildman–Crippen LogP) is 4.65. The largest absolute Gasteiger partial charge is 0.341 e. The molecule has 1 aromatic heterocycles. The molecule has 0 radical (unpaired) electrons. The van der Waals surface area contributed by atoms with Gasteiger partial charge < -0.3 is 9.47 Å². The number of amides is 1. The fraction of sp³-hybridized carbons (Fsp3) is 0.640. The van der Waals surface area contributed by atoms with Gasteiger partial charge in [0.1, 0.15) is 11.6 Å². The second kappa shape index (κ2) is 7.82. The number of carbonyl (C=O) groups excluding carboxylic acids is 1. The van der Waals surface area contributed by atoms with Crippen molar-refractivity contribution >= 4 is 5.91 Å². The predicted molar refractivity (Wildman–Crippen MR) is 117 cm³/mol. The lowest BCUT2D eigenvalue weighted by molar-refractivity contribution is -0.148. The summed E-state index contributed by atoms with van der Waals surface area (Å²) in [5.74, 6) is 2.77. The Bertz CT molecular complexity index is 879. The molecule has 0 atom stereocenters. The molecule has 0 saturated heterocycles. The number of nitrogens with zero attached hydrogens (tertiary/aromatic N) is 4. The van der Waals surface area contributed by atoms with E-state index in [0.29, 0.717) is 12.5 Å². The molecule has 1 aliphatic heterocycles. The average molecular weight is 407 g/mol. The molecule has 5 nitrogen and oxygen atoms in total. The van der Waals surface area contributed by atoms with E-state index in [2.05, 4.69) is 21.8 Å². The van der Waals surface area contributed by atoms with Crippen molar-refractivity contribution in [1.29, 1.82) is 0 Å². The summed E-state index contributed by atoms with van der Waals surface area (Å²) in [6.45, 7) is 1.77. The lowest BCUT2D eigenvalue weighted by Gasteiger charge is -2.52. The highest BCUT2D eigenvalue weighted by molar-refractivity contribution is 5.83. The van der Waals surface area contributed by atoms with Crippen LogP contribution in [0.2, 0.25) is 0 Å². The third-order valence-corrected chi connectivity index (χ3v) is 8.14. The summed E-state index contributed by atoms with van der Waals surface area (Å²) in [5, 5.41) is 9.36. The maximum Gasteiger partial charge on any atom is 0.228 e. The van der Waals surface area contributed by atoms with Gasteiger partial charge in [0.25, 0.3) is 0 Å². The van der Waals surface area contributed by atoms with E-state index >= 15 is 0 Å². The molecule has 1 aromatic carbocycles. The van der Waals surface area contributed by atoms with Gasteiger partial charge in [-0.1, -0.05) is 43.2 Å². The highest BCUT2D eigenvalue weighted by Gasteiger charge is 2.55. The quantitative estimate of drug-likeness (QED) is 0.743. The number of fused-ring (bicyclic) bond motifs is 4. The van der Waals surface area contributed by atoms with E-state index in [9.17, 15) is 4.79 Å². The molecule has 160 valence electrons. The Labute approximate surface area is 179 Å². The number of carbonyl (C=O) groups is 1. The van der Waals surface area contributed by atoms with Crippen molar-refractivity contribution in [3.8, 4) is 0 Å². The fourth-order valence-corrected chi connectivity index (χ4v) is 6.23. The zero-order chi connectivity index (χ0) is 20.6. The van der Waals surface area contributed by atoms with Crippen LogP contribution in [0.15, 0.2) is 30.3 Å². The highest BCUT2D eigenvalue weighted by atomic mass is 16.2. The SMILES string of the molecule is CN(Cc1ccccc1)C(=O)C12CCC(c3nnc4n3CCCCCC4)(CC1)CC2. The molecule has 0 N–H and O–H groups in total. The first-order valence-corrected chi connectivity index (χ1v) is 11.8. The van der Waals surface area contributed by atoms with Gasteiger partial charge in [-0.15, -0.1) is 10.2 Å². The van der Waals surface area contributed by atoms with Crippen LogP contribution in [-0.2, 0) is 29.7 Å². The summed E-state index contributed by atoms with van der Waals surface area (Å²) in [5.41, 5.74) is 1.18. The standard InChI is InChI=1S/C25H34N4O/c1-28(19-20-9-5-4-6-10-20)23(30)25-15-12-24(13-16-25,14-17-25)22-27-26-21-11-7-2-3-8-18-29(21)22/h4-6,9-10H,2-3,7-8,11-19H2,1H3. The van der Waals surface area contributed by atoms with Crippen LogP contribution in [0, 0.1) is 5.41 Å². The highest BCUT2D eigenvalue weighted by Crippen LogP contribution is 2.58. The Morgan fingerprint density at radius 2 is 1.67 bits per heavy atom. The molecule has 5 heteroatoms. The molecule has 30 heavy (non-hydrogen) atoms. The number of hydrogen-bond acceptors (Lipinski definition) is 3. The van der Waals surface area contributed by atoms with E-state index < -0.39 is 0 Å². The maximum atomic E-state index is 13.5. The van der Waals surface area contributed by atoms with Gasteiger partial charge >= 0.3 is 0 Å². The smallest absolute Gasteiger partial charge is 0.228 e. The molecular formula is C25H34N4O. The van der Waals surface area contributed by atoms with Crippen molar-refractivity contribution in [3.05, 3.63) is 47.5 Å². The zero-order valence-corrected chi connectivity index (χ0v) is 18.3. The summed E-state index contributed by atoms with van der Waals surface area (Å²) in [6, 6.07) is 10.3. The molecule has 3 fully saturated rings. The van der Waals surface area contributed by atoms with Gasteiger partial charge in [-0.2, -0.15) is 0 Å². The number of rotatable bonds is 4. The molecule has 3 saturated carbocycles. The van der Waals surface area contributed by atoms with Crippen LogP contribution in [-0.4, -0.2) is 32.6 Å². The minimum absolute atomic E-state index is 0.143. The Morgan fingerprint density at radius 1 is 0.967 bits per heavy atom. The minimum atomic E-state index is -0.162. The number of aromatic nitrogens is 3. The van der Waals surface area contributed by atoms with Gasteiger partial charge in [-0.05, 0) is 56.9 Å². The molecule has 2 bridgehead atoms. The molecule has 4 aliphatic rings. The van der Waals surface area contributed by atoms with E-state index in [0.717, 1.165) is 51.5 Å². The van der Waals surface area contributed by atoms with Gasteiger partial charge in [-0.3, -0.25) is 4.79 Å². The first kappa shape index (κ1) is 19.8. The normalized spacial score (nSPS) is 28.4. The van der Waals surface area contributed by atoms with Crippen LogP contribution in [0.3, 0.4) is 0 Å². The molecule has 3 aliphatic carbocycles. The van der Waals surface area contributed by atoms with E-state index in [-0.39, 0.29) is 10.8 Å².